The highest BCUT2D eigenvalue weighted by molar-refractivity contribution is 9.10. The van der Waals surface area contributed by atoms with Crippen LogP contribution in [0.1, 0.15) is 49.9 Å². The second-order valence-electron chi connectivity index (χ2n) is 15.4. The van der Waals surface area contributed by atoms with Crippen molar-refractivity contribution < 1.29 is 52.0 Å². The number of halogens is 9. The van der Waals surface area contributed by atoms with Crippen LogP contribution in [0.15, 0.2) is 112 Å². The molecule has 6 aromatic heterocycles. The SMILES string of the molecule is Brc1ncccn1.CCc1cc2[nH]c(-c3ccc(S(=O)(=O)N[C@@H](C)C(F)(F)F)cn3)c(C#N)c2cc1F.CCc1cc2c(cc1F)c(C#N)c(-c1ccc(S(=O)(=O)N[C@@H](C)C(F)(F)F)cn1)n2-c1ncccn1.S.S. The fourth-order valence-corrected chi connectivity index (χ4v) is 9.40. The van der Waals surface area contributed by atoms with E-state index in [-0.39, 0.29) is 72.2 Å². The number of H-pyrrole nitrogens is 1. The molecule has 0 fully saturated rings. The first-order valence-electron chi connectivity index (χ1n) is 21.2. The largest absolute Gasteiger partial charge is 0.404 e. The third-order valence-electron chi connectivity index (χ3n) is 10.6. The zero-order valence-corrected chi connectivity index (χ0v) is 44.4. The Morgan fingerprint density at radius 2 is 1.12 bits per heavy atom. The normalized spacial score (nSPS) is 12.4. The van der Waals surface area contributed by atoms with Gasteiger partial charge in [0.25, 0.3) is 0 Å². The standard InChI is InChI=1S/C23H18F4N6O2S.C19H16F4N4O2S.C4H3BrN2.2H2S/c1-3-14-9-20-16(10-18(14)24)17(11-28)21(33(20)22-29-7-4-8-30-22)19-6-5-15(12-31-19)36(34,35)32-13(2)23(25,26)27;1-3-11-6-17-13(7-15(11)20)14(8-24)18(26-17)16-5-4-12(9-25-16)30(28,29)27-10(2)19(21,22)23;5-4-6-2-1-3-7-4;;/h4-10,12-13,32H,3H2,1-2H3;4-7,9-10,26-27H,3H2,1-2H3;1-3H;2*1H2/t13-;10-;;;/m00.../s1. The summed E-state index contributed by atoms with van der Waals surface area (Å²) in [4.78, 5) is 26.1. The van der Waals surface area contributed by atoms with Gasteiger partial charge in [0.1, 0.15) is 45.6 Å². The van der Waals surface area contributed by atoms with Gasteiger partial charge in [-0.3, -0.25) is 14.5 Å². The third kappa shape index (κ3) is 14.0. The number of nitrogens with zero attached hydrogens (tertiary/aromatic N) is 9. The van der Waals surface area contributed by atoms with Crippen molar-refractivity contribution >= 4 is 84.8 Å². The van der Waals surface area contributed by atoms with Crippen LogP contribution in [0.4, 0.5) is 35.1 Å². The van der Waals surface area contributed by atoms with Crippen molar-refractivity contribution in [3.8, 4) is 40.9 Å². The third-order valence-corrected chi connectivity index (χ3v) is 14.1. The van der Waals surface area contributed by atoms with Gasteiger partial charge in [-0.25, -0.2) is 45.6 Å². The summed E-state index contributed by atoms with van der Waals surface area (Å²) in [5, 5.41) is 20.1. The van der Waals surface area contributed by atoms with Gasteiger partial charge >= 0.3 is 12.4 Å². The summed E-state index contributed by atoms with van der Waals surface area (Å²) in [5.74, 6) is -0.795. The summed E-state index contributed by atoms with van der Waals surface area (Å²) in [5.41, 5.74) is 2.69. The summed E-state index contributed by atoms with van der Waals surface area (Å²) in [7, 11) is -8.99. The van der Waals surface area contributed by atoms with Crippen molar-refractivity contribution in [1.29, 1.82) is 10.5 Å². The van der Waals surface area contributed by atoms with Gasteiger partial charge in [0, 0.05) is 53.5 Å². The van der Waals surface area contributed by atoms with Gasteiger partial charge in [-0.05, 0) is 114 Å². The van der Waals surface area contributed by atoms with Gasteiger partial charge < -0.3 is 4.98 Å². The molecule has 0 bridgehead atoms. The van der Waals surface area contributed by atoms with E-state index in [1.54, 1.807) is 60.0 Å². The Labute approximate surface area is 445 Å². The van der Waals surface area contributed by atoms with E-state index >= 15 is 0 Å². The summed E-state index contributed by atoms with van der Waals surface area (Å²) < 4.78 is 160. The maximum atomic E-state index is 14.6. The van der Waals surface area contributed by atoms with Crippen LogP contribution in [0.5, 0.6) is 0 Å². The number of nitrogens with one attached hydrogen (secondary N) is 3. The second-order valence-corrected chi connectivity index (χ2v) is 19.5. The van der Waals surface area contributed by atoms with E-state index in [1.165, 1.54) is 41.2 Å². The maximum absolute atomic E-state index is 14.6. The number of benzene rings is 2. The van der Waals surface area contributed by atoms with Crippen molar-refractivity contribution in [1.82, 2.24) is 48.9 Å². The molecular formula is C46H41BrF8N12O4S4. The van der Waals surface area contributed by atoms with Gasteiger partial charge in [0.05, 0.1) is 39.4 Å². The van der Waals surface area contributed by atoms with Gasteiger partial charge in [0.2, 0.25) is 26.0 Å². The number of aromatic nitrogens is 8. The lowest BCUT2D eigenvalue weighted by atomic mass is 10.1. The van der Waals surface area contributed by atoms with E-state index < -0.39 is 65.9 Å². The predicted octanol–water partition coefficient (Wildman–Crippen LogP) is 9.78. The maximum Gasteiger partial charge on any atom is 0.404 e. The summed E-state index contributed by atoms with van der Waals surface area (Å²) in [6, 6.07) is 13.1. The molecule has 29 heteroatoms. The topological polar surface area (TPSA) is 238 Å². The number of nitriles is 2. The highest BCUT2D eigenvalue weighted by Gasteiger charge is 2.40. The van der Waals surface area contributed by atoms with Crippen LogP contribution in [-0.4, -0.2) is 80.7 Å². The molecule has 396 valence electrons. The Bertz CT molecular complexity index is 3600. The minimum Gasteiger partial charge on any atom is -0.352 e. The highest BCUT2D eigenvalue weighted by atomic mass is 79.9. The number of aryl methyl sites for hydroxylation is 2. The van der Waals surface area contributed by atoms with E-state index in [2.05, 4.69) is 50.8 Å². The molecule has 0 spiro atoms. The summed E-state index contributed by atoms with van der Waals surface area (Å²) in [6.45, 7) is 4.93. The number of fused-ring (bicyclic) bond motifs is 2. The number of hydrogen-bond donors (Lipinski definition) is 3. The summed E-state index contributed by atoms with van der Waals surface area (Å²) >= 11 is 3.09. The average molecular weight is 1190 g/mol. The lowest BCUT2D eigenvalue weighted by Crippen LogP contribution is -2.42. The van der Waals surface area contributed by atoms with Crippen LogP contribution in [-0.2, 0) is 32.9 Å². The highest BCUT2D eigenvalue weighted by Crippen LogP contribution is 2.37. The average Bonchev–Trinajstić information content (AvgIpc) is 3.87. The molecular weight excluding hydrogens is 1140 g/mol. The van der Waals surface area contributed by atoms with E-state index in [0.29, 0.717) is 59.0 Å². The van der Waals surface area contributed by atoms with Crippen molar-refractivity contribution in [2.24, 2.45) is 0 Å². The van der Waals surface area contributed by atoms with Gasteiger partial charge in [-0.2, -0.15) is 73.3 Å². The number of pyridine rings is 2. The number of sulfonamides is 2. The second kappa shape index (κ2) is 24.8. The van der Waals surface area contributed by atoms with Crippen LogP contribution in [0.25, 0.3) is 50.5 Å². The van der Waals surface area contributed by atoms with Crippen LogP contribution in [0.3, 0.4) is 0 Å². The number of hydrogen-bond acceptors (Lipinski definition) is 12. The molecule has 0 aliphatic heterocycles. The molecule has 16 nitrogen and oxygen atoms in total. The molecule has 75 heavy (non-hydrogen) atoms. The van der Waals surface area contributed by atoms with E-state index in [4.69, 9.17) is 0 Å². The minimum atomic E-state index is -4.77. The van der Waals surface area contributed by atoms with E-state index in [1.807, 2.05) is 12.1 Å². The van der Waals surface area contributed by atoms with Crippen molar-refractivity contribution in [2.45, 2.75) is 74.8 Å². The molecule has 8 aromatic rings. The van der Waals surface area contributed by atoms with Crippen LogP contribution < -0.4 is 9.44 Å². The Hall–Kier alpha value is -6.60. The Morgan fingerprint density at radius 3 is 1.53 bits per heavy atom. The van der Waals surface area contributed by atoms with Crippen molar-refractivity contribution in [3.05, 3.63) is 136 Å². The van der Waals surface area contributed by atoms with E-state index in [9.17, 15) is 62.5 Å². The molecule has 3 N–H and O–H groups in total. The molecule has 6 heterocycles. The smallest absolute Gasteiger partial charge is 0.352 e. The monoisotopic (exact) mass is 1180 g/mol. The predicted molar refractivity (Wildman–Crippen MR) is 274 cm³/mol. The van der Waals surface area contributed by atoms with Gasteiger partial charge in [-0.15, -0.1) is 0 Å². The summed E-state index contributed by atoms with van der Waals surface area (Å²) in [6.07, 6.45) is -0.590. The Balaban J connectivity index is 0.000000283. The lowest BCUT2D eigenvalue weighted by Gasteiger charge is -2.17. The molecule has 2 atom stereocenters. The Kier molecular flexibility index (Phi) is 20.2. The number of rotatable bonds is 11. The lowest BCUT2D eigenvalue weighted by molar-refractivity contribution is -0.147. The molecule has 8 rings (SSSR count). The zero-order chi connectivity index (χ0) is 53.6. The van der Waals surface area contributed by atoms with Crippen LogP contribution >= 0.6 is 42.9 Å². The molecule has 0 radical (unpaired) electrons. The molecule has 0 aliphatic rings. The molecule has 0 aliphatic carbocycles. The first-order chi connectivity index (χ1) is 34.3. The first-order valence-corrected chi connectivity index (χ1v) is 24.9. The van der Waals surface area contributed by atoms with Gasteiger partial charge in [0.15, 0.2) is 4.73 Å². The zero-order valence-electron chi connectivity index (χ0n) is 39.2. The molecule has 0 saturated carbocycles. The quantitative estimate of drug-likeness (QED) is 0.0810. The fourth-order valence-electron chi connectivity index (χ4n) is 6.81. The van der Waals surface area contributed by atoms with Crippen molar-refractivity contribution in [3.63, 3.8) is 0 Å². The number of aromatic amines is 1. The first kappa shape index (κ1) is 61.0. The minimum absolute atomic E-state index is 0. The van der Waals surface area contributed by atoms with E-state index in [0.717, 1.165) is 24.5 Å². The molecule has 0 amide bonds. The molecule has 0 unspecified atom stereocenters. The van der Waals surface area contributed by atoms with Crippen LogP contribution in [0.2, 0.25) is 0 Å². The number of alkyl halides is 6. The van der Waals surface area contributed by atoms with Crippen LogP contribution in [0, 0.1) is 34.3 Å². The fraction of sp³-hybridized carbons (Fsp3) is 0.217. The molecule has 2 aromatic carbocycles. The molecule has 0 saturated heterocycles. The Morgan fingerprint density at radius 1 is 0.667 bits per heavy atom. The van der Waals surface area contributed by atoms with Crippen molar-refractivity contribution in [2.75, 3.05) is 0 Å². The van der Waals surface area contributed by atoms with Gasteiger partial charge in [-0.1, -0.05) is 13.8 Å².